The van der Waals surface area contributed by atoms with Gasteiger partial charge in [-0.3, -0.25) is 9.59 Å². The van der Waals surface area contributed by atoms with Gasteiger partial charge >= 0.3 is 5.97 Å². The number of carbonyl (C=O) groups is 2. The molecule has 0 spiro atoms. The van der Waals surface area contributed by atoms with Crippen LogP contribution in [0.15, 0.2) is 30.4 Å². The maximum Gasteiger partial charge on any atom is 0.307 e. The summed E-state index contributed by atoms with van der Waals surface area (Å²) in [6.45, 7) is 0. The van der Waals surface area contributed by atoms with E-state index in [1.54, 1.807) is 12.2 Å². The first-order valence-electron chi connectivity index (χ1n) is 6.12. The molecule has 1 aliphatic carbocycles. The van der Waals surface area contributed by atoms with Crippen LogP contribution in [0.25, 0.3) is 0 Å². The number of amides is 1. The molecule has 1 amide bonds. The number of carboxylic acid groups (broad SMARTS) is 1. The summed E-state index contributed by atoms with van der Waals surface area (Å²) in [7, 11) is 0. The molecule has 2 atom stereocenters. The van der Waals surface area contributed by atoms with E-state index in [-0.39, 0.29) is 5.02 Å². The maximum atomic E-state index is 13.0. The normalized spacial score (nSPS) is 21.5. The Bertz CT molecular complexity index is 574. The summed E-state index contributed by atoms with van der Waals surface area (Å²) in [6, 6.07) is 3.82. The first-order chi connectivity index (χ1) is 9.49. The zero-order valence-electron chi connectivity index (χ0n) is 10.5. The molecule has 6 heteroatoms. The van der Waals surface area contributed by atoms with Crippen molar-refractivity contribution in [2.45, 2.75) is 12.8 Å². The Labute approximate surface area is 120 Å². The number of nitrogens with one attached hydrogen (secondary N) is 1. The fourth-order valence-electron chi connectivity index (χ4n) is 2.19. The van der Waals surface area contributed by atoms with Crippen molar-refractivity contribution in [3.63, 3.8) is 0 Å². The molecule has 0 heterocycles. The van der Waals surface area contributed by atoms with Crippen LogP contribution in [0.4, 0.5) is 10.1 Å². The number of halogens is 2. The van der Waals surface area contributed by atoms with Crippen molar-refractivity contribution in [2.75, 3.05) is 5.32 Å². The molecule has 0 saturated carbocycles. The van der Waals surface area contributed by atoms with E-state index in [4.69, 9.17) is 16.7 Å². The van der Waals surface area contributed by atoms with E-state index in [2.05, 4.69) is 5.32 Å². The van der Waals surface area contributed by atoms with E-state index < -0.39 is 29.5 Å². The molecule has 0 fully saturated rings. The molecule has 0 unspecified atom stereocenters. The van der Waals surface area contributed by atoms with Crippen molar-refractivity contribution < 1.29 is 19.1 Å². The predicted octanol–water partition coefficient (Wildman–Crippen LogP) is 3.08. The Balaban J connectivity index is 2.12. The molecule has 1 aromatic rings. The van der Waals surface area contributed by atoms with Gasteiger partial charge in [0.05, 0.1) is 16.9 Å². The molecule has 0 saturated heterocycles. The number of hydrogen-bond donors (Lipinski definition) is 2. The second-order valence-corrected chi connectivity index (χ2v) is 5.02. The Morgan fingerprint density at radius 1 is 1.25 bits per heavy atom. The van der Waals surface area contributed by atoms with E-state index in [1.807, 2.05) is 0 Å². The number of rotatable bonds is 3. The molecule has 1 aliphatic rings. The summed E-state index contributed by atoms with van der Waals surface area (Å²) < 4.78 is 13.0. The van der Waals surface area contributed by atoms with Gasteiger partial charge in [-0.25, -0.2) is 4.39 Å². The first kappa shape index (κ1) is 14.5. The molecule has 0 aliphatic heterocycles. The summed E-state index contributed by atoms with van der Waals surface area (Å²) >= 11 is 5.63. The minimum atomic E-state index is -0.994. The van der Waals surface area contributed by atoms with E-state index in [0.29, 0.717) is 18.5 Å². The van der Waals surface area contributed by atoms with Crippen molar-refractivity contribution in [3.05, 3.63) is 41.2 Å². The summed E-state index contributed by atoms with van der Waals surface area (Å²) in [5, 5.41) is 11.6. The van der Waals surface area contributed by atoms with Gasteiger partial charge in [0.1, 0.15) is 5.82 Å². The number of hydrogen-bond acceptors (Lipinski definition) is 2. The van der Waals surface area contributed by atoms with Crippen molar-refractivity contribution in [1.29, 1.82) is 0 Å². The number of allylic oxidation sites excluding steroid dienone is 2. The lowest BCUT2D eigenvalue weighted by Crippen LogP contribution is -2.34. The highest BCUT2D eigenvalue weighted by atomic mass is 35.5. The predicted molar refractivity (Wildman–Crippen MR) is 73.0 cm³/mol. The second kappa shape index (κ2) is 6.05. The number of anilines is 1. The topological polar surface area (TPSA) is 66.4 Å². The highest BCUT2D eigenvalue weighted by Crippen LogP contribution is 2.28. The van der Waals surface area contributed by atoms with Gasteiger partial charge < -0.3 is 10.4 Å². The van der Waals surface area contributed by atoms with Crippen LogP contribution in [-0.4, -0.2) is 17.0 Å². The lowest BCUT2D eigenvalue weighted by atomic mass is 9.82. The molecule has 20 heavy (non-hydrogen) atoms. The van der Waals surface area contributed by atoms with E-state index in [9.17, 15) is 14.0 Å². The van der Waals surface area contributed by atoms with Gasteiger partial charge in [-0.2, -0.15) is 0 Å². The third-order valence-corrected chi connectivity index (χ3v) is 3.56. The van der Waals surface area contributed by atoms with Crippen LogP contribution >= 0.6 is 11.6 Å². The highest BCUT2D eigenvalue weighted by molar-refractivity contribution is 6.31. The van der Waals surface area contributed by atoms with Crippen LogP contribution < -0.4 is 5.32 Å². The van der Waals surface area contributed by atoms with E-state index in [1.165, 1.54) is 12.1 Å². The van der Waals surface area contributed by atoms with Gasteiger partial charge in [-0.05, 0) is 31.0 Å². The highest BCUT2D eigenvalue weighted by Gasteiger charge is 2.33. The lowest BCUT2D eigenvalue weighted by Gasteiger charge is -2.24. The first-order valence-corrected chi connectivity index (χ1v) is 6.50. The third kappa shape index (κ3) is 3.17. The molecule has 0 radical (unpaired) electrons. The Morgan fingerprint density at radius 2 is 1.90 bits per heavy atom. The quantitative estimate of drug-likeness (QED) is 0.843. The van der Waals surface area contributed by atoms with Crippen molar-refractivity contribution in [2.24, 2.45) is 11.8 Å². The van der Waals surface area contributed by atoms with Crippen molar-refractivity contribution in [3.8, 4) is 0 Å². The largest absolute Gasteiger partial charge is 0.481 e. The van der Waals surface area contributed by atoms with Crippen LogP contribution in [0.2, 0.25) is 5.02 Å². The SMILES string of the molecule is O=C(O)[C@H]1CC=CC[C@H]1C(=O)Nc1ccc(F)c(Cl)c1. The van der Waals surface area contributed by atoms with Crippen LogP contribution in [0.3, 0.4) is 0 Å². The maximum absolute atomic E-state index is 13.0. The van der Waals surface area contributed by atoms with E-state index in [0.717, 1.165) is 6.07 Å². The Hall–Kier alpha value is -1.88. The number of carbonyl (C=O) groups excluding carboxylic acids is 1. The molecule has 0 aromatic heterocycles. The molecular weight excluding hydrogens is 285 g/mol. The van der Waals surface area contributed by atoms with Crippen LogP contribution in [0.1, 0.15) is 12.8 Å². The van der Waals surface area contributed by atoms with Gasteiger partial charge in [-0.1, -0.05) is 23.8 Å². The zero-order chi connectivity index (χ0) is 14.7. The van der Waals surface area contributed by atoms with Gasteiger partial charge in [-0.15, -0.1) is 0 Å². The zero-order valence-corrected chi connectivity index (χ0v) is 11.2. The van der Waals surface area contributed by atoms with Gasteiger partial charge in [0.2, 0.25) is 5.91 Å². The average Bonchev–Trinajstić information content (AvgIpc) is 2.43. The van der Waals surface area contributed by atoms with Crippen LogP contribution in [0, 0.1) is 17.7 Å². The minimum absolute atomic E-state index is 0.0962. The Kier molecular flexibility index (Phi) is 4.39. The summed E-state index contributed by atoms with van der Waals surface area (Å²) in [6.07, 6.45) is 4.26. The van der Waals surface area contributed by atoms with Gasteiger partial charge in [0.15, 0.2) is 0 Å². The number of benzene rings is 1. The minimum Gasteiger partial charge on any atom is -0.481 e. The third-order valence-electron chi connectivity index (χ3n) is 3.27. The number of aliphatic carboxylic acids is 1. The second-order valence-electron chi connectivity index (χ2n) is 4.61. The summed E-state index contributed by atoms with van der Waals surface area (Å²) in [4.78, 5) is 23.3. The average molecular weight is 298 g/mol. The summed E-state index contributed by atoms with van der Waals surface area (Å²) in [5.41, 5.74) is 0.347. The van der Waals surface area contributed by atoms with Crippen LogP contribution in [0.5, 0.6) is 0 Å². The van der Waals surface area contributed by atoms with Crippen molar-refractivity contribution >= 4 is 29.2 Å². The molecular formula is C14H13ClFNO3. The fourth-order valence-corrected chi connectivity index (χ4v) is 2.37. The van der Waals surface area contributed by atoms with Gasteiger partial charge in [0.25, 0.3) is 0 Å². The molecule has 2 rings (SSSR count). The van der Waals surface area contributed by atoms with Crippen LogP contribution in [-0.2, 0) is 9.59 Å². The monoisotopic (exact) mass is 297 g/mol. The van der Waals surface area contributed by atoms with Gasteiger partial charge in [0, 0.05) is 5.69 Å². The molecule has 0 bridgehead atoms. The number of carboxylic acids is 1. The van der Waals surface area contributed by atoms with E-state index >= 15 is 0 Å². The molecule has 2 N–H and O–H groups in total. The molecule has 1 aromatic carbocycles. The Morgan fingerprint density at radius 3 is 2.50 bits per heavy atom. The lowest BCUT2D eigenvalue weighted by molar-refractivity contribution is -0.146. The smallest absolute Gasteiger partial charge is 0.307 e. The fraction of sp³-hybridized carbons (Fsp3) is 0.286. The molecule has 4 nitrogen and oxygen atoms in total. The van der Waals surface area contributed by atoms with Crippen molar-refractivity contribution in [1.82, 2.24) is 0 Å². The summed E-state index contributed by atoms with van der Waals surface area (Å²) in [5.74, 6) is -3.35. The molecule has 106 valence electrons. The standard InChI is InChI=1S/C14H13ClFNO3/c15-11-7-8(5-6-12(11)16)17-13(18)9-3-1-2-4-10(9)14(19)20/h1-2,5-7,9-10H,3-4H2,(H,17,18)(H,19,20)/t9-,10+/m1/s1.